The van der Waals surface area contributed by atoms with Gasteiger partial charge in [0.1, 0.15) is 5.52 Å². The van der Waals surface area contributed by atoms with Crippen LogP contribution in [0.5, 0.6) is 0 Å². The largest absolute Gasteiger partial charge is 0.423 e. The van der Waals surface area contributed by atoms with E-state index in [1.165, 1.54) is 0 Å². The summed E-state index contributed by atoms with van der Waals surface area (Å²) in [4.78, 5) is 32.6. The normalized spacial score (nSPS) is 14.2. The predicted octanol–water partition coefficient (Wildman–Crippen LogP) is 5.24. The number of nitrogens with one attached hydrogen (secondary N) is 2. The van der Waals surface area contributed by atoms with Crippen LogP contribution in [0.1, 0.15) is 28.8 Å². The van der Waals surface area contributed by atoms with Crippen molar-refractivity contribution < 1.29 is 14.0 Å². The third kappa shape index (κ3) is 4.64. The van der Waals surface area contributed by atoms with Gasteiger partial charge in [0, 0.05) is 24.7 Å². The topological polar surface area (TPSA) is 87.5 Å². The van der Waals surface area contributed by atoms with Crippen LogP contribution in [0.2, 0.25) is 0 Å². The Hall–Kier alpha value is -4.13. The van der Waals surface area contributed by atoms with Crippen molar-refractivity contribution in [1.29, 1.82) is 0 Å². The predicted molar refractivity (Wildman–Crippen MR) is 133 cm³/mol. The van der Waals surface area contributed by atoms with Crippen molar-refractivity contribution in [3.8, 4) is 0 Å². The van der Waals surface area contributed by atoms with Crippen LogP contribution < -0.4 is 15.5 Å². The second-order valence-electron chi connectivity index (χ2n) is 8.58. The molecule has 0 spiro atoms. The summed E-state index contributed by atoms with van der Waals surface area (Å²) in [6.07, 6.45) is 1.37. The van der Waals surface area contributed by atoms with Crippen molar-refractivity contribution in [2.45, 2.75) is 19.8 Å². The molecule has 0 bridgehead atoms. The highest BCUT2D eigenvalue weighted by molar-refractivity contribution is 6.10. The molecule has 5 rings (SSSR count). The average Bonchev–Trinajstić information content (AvgIpc) is 3.29. The van der Waals surface area contributed by atoms with E-state index in [-0.39, 0.29) is 17.7 Å². The van der Waals surface area contributed by atoms with Gasteiger partial charge < -0.3 is 20.0 Å². The number of rotatable bonds is 5. The minimum atomic E-state index is -0.257. The second-order valence-corrected chi connectivity index (χ2v) is 8.58. The van der Waals surface area contributed by atoms with Gasteiger partial charge in [0.2, 0.25) is 5.91 Å². The molecular formula is C27H26N4O3. The first-order valence-corrected chi connectivity index (χ1v) is 11.5. The highest BCUT2D eigenvalue weighted by Crippen LogP contribution is 2.27. The van der Waals surface area contributed by atoms with Gasteiger partial charge in [-0.05, 0) is 61.7 Å². The molecule has 0 unspecified atom stereocenters. The molecule has 0 atom stereocenters. The molecule has 1 fully saturated rings. The summed E-state index contributed by atoms with van der Waals surface area (Å²) >= 11 is 0. The van der Waals surface area contributed by atoms with E-state index in [2.05, 4.69) is 20.5 Å². The maximum atomic E-state index is 13.0. The summed E-state index contributed by atoms with van der Waals surface area (Å²) < 4.78 is 5.87. The van der Waals surface area contributed by atoms with Gasteiger partial charge >= 0.3 is 0 Å². The first-order chi connectivity index (χ1) is 16.6. The number of para-hydroxylation sites is 3. The van der Waals surface area contributed by atoms with Crippen LogP contribution in [0.4, 0.5) is 17.4 Å². The number of fused-ring (bicyclic) bond motifs is 1. The number of aryl methyl sites for hydroxylation is 1. The molecule has 4 aromatic rings. The quantitative estimate of drug-likeness (QED) is 0.430. The number of anilines is 3. The summed E-state index contributed by atoms with van der Waals surface area (Å²) in [6.45, 7) is 3.33. The Morgan fingerprint density at radius 1 is 0.941 bits per heavy atom. The molecule has 0 radical (unpaired) electrons. The van der Waals surface area contributed by atoms with Crippen molar-refractivity contribution in [2.24, 2.45) is 5.92 Å². The number of benzene rings is 3. The van der Waals surface area contributed by atoms with Gasteiger partial charge in [-0.25, -0.2) is 0 Å². The Morgan fingerprint density at radius 3 is 2.50 bits per heavy atom. The van der Waals surface area contributed by atoms with Gasteiger partial charge in [-0.15, -0.1) is 0 Å². The fourth-order valence-electron chi connectivity index (χ4n) is 4.27. The average molecular weight is 455 g/mol. The maximum Gasteiger partial charge on any atom is 0.298 e. The highest BCUT2D eigenvalue weighted by Gasteiger charge is 2.28. The lowest BCUT2D eigenvalue weighted by molar-refractivity contribution is -0.120. The summed E-state index contributed by atoms with van der Waals surface area (Å²) in [5, 5.41) is 5.89. The van der Waals surface area contributed by atoms with Crippen LogP contribution in [-0.4, -0.2) is 29.9 Å². The molecule has 0 aliphatic carbocycles. The molecule has 2 N–H and O–H groups in total. The highest BCUT2D eigenvalue weighted by atomic mass is 16.4. The van der Waals surface area contributed by atoms with Crippen molar-refractivity contribution >= 4 is 40.3 Å². The minimum Gasteiger partial charge on any atom is -0.423 e. The molecule has 2 amide bonds. The van der Waals surface area contributed by atoms with Crippen LogP contribution in [0.15, 0.2) is 77.2 Å². The molecule has 7 heteroatoms. The Balaban J connectivity index is 1.22. The van der Waals surface area contributed by atoms with Crippen LogP contribution in [0, 0.1) is 12.8 Å². The van der Waals surface area contributed by atoms with E-state index in [0.717, 1.165) is 22.4 Å². The van der Waals surface area contributed by atoms with Gasteiger partial charge in [-0.3, -0.25) is 9.59 Å². The molecule has 1 saturated heterocycles. The van der Waals surface area contributed by atoms with E-state index in [9.17, 15) is 9.59 Å². The molecule has 0 saturated carbocycles. The number of carbonyl (C=O) groups is 2. The molecule has 172 valence electrons. The summed E-state index contributed by atoms with van der Waals surface area (Å²) in [6, 6.07) is 23.0. The Bertz CT molecular complexity index is 1310. The van der Waals surface area contributed by atoms with Crippen LogP contribution >= 0.6 is 0 Å². The number of oxazole rings is 1. The third-order valence-corrected chi connectivity index (χ3v) is 6.12. The second kappa shape index (κ2) is 9.39. The van der Waals surface area contributed by atoms with Crippen molar-refractivity contribution in [3.63, 3.8) is 0 Å². The fraction of sp³-hybridized carbons (Fsp3) is 0.222. The number of nitrogens with zero attached hydrogens (tertiary/aromatic N) is 2. The van der Waals surface area contributed by atoms with Crippen LogP contribution in [0.3, 0.4) is 0 Å². The molecule has 1 aromatic heterocycles. The van der Waals surface area contributed by atoms with Crippen molar-refractivity contribution in [2.75, 3.05) is 28.6 Å². The van der Waals surface area contributed by atoms with Gasteiger partial charge in [-0.2, -0.15) is 4.98 Å². The molecule has 7 nitrogen and oxygen atoms in total. The van der Waals surface area contributed by atoms with E-state index in [1.54, 1.807) is 18.2 Å². The van der Waals surface area contributed by atoms with Crippen LogP contribution in [0.25, 0.3) is 11.1 Å². The monoisotopic (exact) mass is 454 g/mol. The lowest BCUT2D eigenvalue weighted by Gasteiger charge is -2.30. The SMILES string of the molecule is Cc1cccc(NC(=O)c2ccccc2NC(=O)C2CCN(c3nc4ccccc4o3)CC2)c1. The Labute approximate surface area is 197 Å². The van der Waals surface area contributed by atoms with Gasteiger partial charge in [0.15, 0.2) is 5.58 Å². The molecule has 3 aromatic carbocycles. The number of amides is 2. The smallest absolute Gasteiger partial charge is 0.298 e. The van der Waals surface area contributed by atoms with Gasteiger partial charge in [-0.1, -0.05) is 36.4 Å². The number of hydrogen-bond acceptors (Lipinski definition) is 5. The molecule has 2 heterocycles. The number of piperidine rings is 1. The first kappa shape index (κ1) is 21.7. The lowest BCUT2D eigenvalue weighted by Crippen LogP contribution is -2.38. The van der Waals surface area contributed by atoms with Crippen LogP contribution in [-0.2, 0) is 4.79 Å². The zero-order chi connectivity index (χ0) is 23.5. The van der Waals surface area contributed by atoms with Crippen molar-refractivity contribution in [3.05, 3.63) is 83.9 Å². The fourth-order valence-corrected chi connectivity index (χ4v) is 4.27. The van der Waals surface area contributed by atoms with Crippen molar-refractivity contribution in [1.82, 2.24) is 4.98 Å². The van der Waals surface area contributed by atoms with E-state index < -0.39 is 0 Å². The zero-order valence-electron chi connectivity index (χ0n) is 19.0. The number of hydrogen-bond donors (Lipinski definition) is 2. The van der Waals surface area contributed by atoms with Gasteiger partial charge in [0.25, 0.3) is 11.9 Å². The summed E-state index contributed by atoms with van der Waals surface area (Å²) in [5.41, 5.74) is 4.32. The molecule has 34 heavy (non-hydrogen) atoms. The minimum absolute atomic E-state index is 0.0759. The lowest BCUT2D eigenvalue weighted by atomic mass is 9.96. The number of aromatic nitrogens is 1. The Morgan fingerprint density at radius 2 is 1.71 bits per heavy atom. The summed E-state index contributed by atoms with van der Waals surface area (Å²) in [5.74, 6) is -0.478. The third-order valence-electron chi connectivity index (χ3n) is 6.12. The number of carbonyl (C=O) groups excluding carboxylic acids is 2. The molecule has 1 aliphatic heterocycles. The van der Waals surface area contributed by atoms with E-state index >= 15 is 0 Å². The maximum absolute atomic E-state index is 13.0. The van der Waals surface area contributed by atoms with E-state index in [4.69, 9.17) is 4.42 Å². The zero-order valence-corrected chi connectivity index (χ0v) is 19.0. The summed E-state index contributed by atoms with van der Waals surface area (Å²) in [7, 11) is 0. The Kier molecular flexibility index (Phi) is 5.99. The van der Waals surface area contributed by atoms with E-state index in [1.807, 2.05) is 61.5 Å². The van der Waals surface area contributed by atoms with E-state index in [0.29, 0.717) is 43.2 Å². The molecule has 1 aliphatic rings. The standard InChI is InChI=1S/C27H26N4O3/c1-18-7-6-8-20(17-18)28-26(33)21-9-2-3-10-22(21)29-25(32)19-13-15-31(16-14-19)27-30-23-11-4-5-12-24(23)34-27/h2-12,17,19H,13-16H2,1H3,(H,28,33)(H,29,32). The van der Waals surface area contributed by atoms with Gasteiger partial charge in [0.05, 0.1) is 11.3 Å². The first-order valence-electron chi connectivity index (χ1n) is 11.5. The molecular weight excluding hydrogens is 428 g/mol.